The summed E-state index contributed by atoms with van der Waals surface area (Å²) in [7, 11) is 1.33. The fraction of sp³-hybridized carbons (Fsp3) is 0.667. The maximum atomic E-state index is 11.4. The number of aromatic nitrogens is 1. The molecule has 0 bridgehead atoms. The Morgan fingerprint density at radius 3 is 3.16 bits per heavy atom. The van der Waals surface area contributed by atoms with Crippen molar-refractivity contribution in [2.45, 2.75) is 25.9 Å². The van der Waals surface area contributed by atoms with Crippen LogP contribution >= 0.6 is 22.9 Å². The largest absolute Gasteiger partial charge is 0.465 e. The normalized spacial score (nSPS) is 22.5. The van der Waals surface area contributed by atoms with E-state index in [1.54, 1.807) is 0 Å². The van der Waals surface area contributed by atoms with Gasteiger partial charge in [0.1, 0.15) is 0 Å². The molecule has 2 unspecified atom stereocenters. The molecule has 2 rings (SSSR count). The lowest BCUT2D eigenvalue weighted by molar-refractivity contribution is 0.0606. The Morgan fingerprint density at radius 1 is 1.68 bits per heavy atom. The van der Waals surface area contributed by atoms with Crippen LogP contribution < -0.4 is 5.32 Å². The zero-order chi connectivity index (χ0) is 13.8. The van der Waals surface area contributed by atoms with Crippen molar-refractivity contribution in [3.8, 4) is 0 Å². The van der Waals surface area contributed by atoms with E-state index in [-0.39, 0.29) is 5.15 Å². The number of anilines is 1. The maximum Gasteiger partial charge on any atom is 0.351 e. The number of esters is 1. The molecule has 1 aliphatic heterocycles. The van der Waals surface area contributed by atoms with Crippen molar-refractivity contribution >= 4 is 34.0 Å². The van der Waals surface area contributed by atoms with Crippen molar-refractivity contribution in [2.24, 2.45) is 5.92 Å². The van der Waals surface area contributed by atoms with Crippen molar-refractivity contribution < 1.29 is 14.3 Å². The maximum absolute atomic E-state index is 11.4. The molecular weight excluding hydrogens is 288 g/mol. The Morgan fingerprint density at radius 2 is 2.47 bits per heavy atom. The van der Waals surface area contributed by atoms with E-state index in [1.165, 1.54) is 18.4 Å². The molecule has 1 saturated heterocycles. The molecule has 1 fully saturated rings. The molecule has 0 amide bonds. The van der Waals surface area contributed by atoms with E-state index in [2.05, 4.69) is 22.0 Å². The molecule has 106 valence electrons. The van der Waals surface area contributed by atoms with Gasteiger partial charge in [0.25, 0.3) is 0 Å². The molecule has 19 heavy (non-hydrogen) atoms. The fourth-order valence-electron chi connectivity index (χ4n) is 2.19. The first kappa shape index (κ1) is 14.6. The number of hydrogen-bond acceptors (Lipinski definition) is 6. The smallest absolute Gasteiger partial charge is 0.351 e. The molecule has 0 aromatic carbocycles. The van der Waals surface area contributed by atoms with Crippen LogP contribution in [0.4, 0.5) is 5.13 Å². The van der Waals surface area contributed by atoms with Gasteiger partial charge in [-0.3, -0.25) is 0 Å². The molecular formula is C12H17ClN2O3S. The van der Waals surface area contributed by atoms with E-state index in [9.17, 15) is 4.79 Å². The standard InChI is InChI=1S/C12H17ClN2O3S/c1-3-8-7(4-5-18-8)6-14-12-15-10(13)9(19-12)11(16)17-2/h7-8H,3-6H2,1-2H3,(H,14,15). The van der Waals surface area contributed by atoms with Crippen molar-refractivity contribution in [1.82, 2.24) is 4.98 Å². The number of nitrogens with one attached hydrogen (secondary N) is 1. The Kier molecular flexibility index (Phi) is 5.01. The summed E-state index contributed by atoms with van der Waals surface area (Å²) in [6, 6.07) is 0. The number of halogens is 1. The van der Waals surface area contributed by atoms with E-state index in [0.29, 0.717) is 22.0 Å². The van der Waals surface area contributed by atoms with E-state index >= 15 is 0 Å². The first-order valence-electron chi connectivity index (χ1n) is 6.25. The number of nitrogens with zero attached hydrogens (tertiary/aromatic N) is 1. The van der Waals surface area contributed by atoms with Gasteiger partial charge in [-0.15, -0.1) is 0 Å². The van der Waals surface area contributed by atoms with Crippen molar-refractivity contribution in [3.63, 3.8) is 0 Å². The van der Waals surface area contributed by atoms with Gasteiger partial charge < -0.3 is 14.8 Å². The van der Waals surface area contributed by atoms with Crippen LogP contribution in [0.3, 0.4) is 0 Å². The van der Waals surface area contributed by atoms with Crippen LogP contribution in [-0.2, 0) is 9.47 Å². The van der Waals surface area contributed by atoms with E-state index < -0.39 is 5.97 Å². The molecule has 1 N–H and O–H groups in total. The minimum absolute atomic E-state index is 0.189. The van der Waals surface area contributed by atoms with Gasteiger partial charge in [-0.05, 0) is 12.8 Å². The summed E-state index contributed by atoms with van der Waals surface area (Å²) in [5, 5.41) is 4.06. The van der Waals surface area contributed by atoms with Crippen LogP contribution in [0.2, 0.25) is 5.15 Å². The van der Waals surface area contributed by atoms with E-state index in [1.807, 2.05) is 0 Å². The van der Waals surface area contributed by atoms with Crippen molar-refractivity contribution in [1.29, 1.82) is 0 Å². The highest BCUT2D eigenvalue weighted by atomic mass is 35.5. The molecule has 1 aromatic rings. The molecule has 0 spiro atoms. The van der Waals surface area contributed by atoms with Crippen LogP contribution in [0.15, 0.2) is 0 Å². The number of hydrogen-bond donors (Lipinski definition) is 1. The lowest BCUT2D eigenvalue weighted by Gasteiger charge is -2.16. The summed E-state index contributed by atoms with van der Waals surface area (Å²) < 4.78 is 10.3. The number of carbonyl (C=O) groups is 1. The third-order valence-electron chi connectivity index (χ3n) is 3.22. The molecule has 1 aromatic heterocycles. The SMILES string of the molecule is CCC1OCCC1CNc1nc(Cl)c(C(=O)OC)s1. The van der Waals surface area contributed by atoms with Crippen molar-refractivity contribution in [2.75, 3.05) is 25.6 Å². The zero-order valence-electron chi connectivity index (χ0n) is 10.9. The molecule has 5 nitrogen and oxygen atoms in total. The highest BCUT2D eigenvalue weighted by molar-refractivity contribution is 7.18. The molecule has 0 saturated carbocycles. The summed E-state index contributed by atoms with van der Waals surface area (Å²) in [6.07, 6.45) is 2.37. The summed E-state index contributed by atoms with van der Waals surface area (Å²) >= 11 is 7.12. The van der Waals surface area contributed by atoms with Crippen LogP contribution in [0, 0.1) is 5.92 Å². The summed E-state index contributed by atoms with van der Waals surface area (Å²) in [5.74, 6) is 0.0282. The van der Waals surface area contributed by atoms with Gasteiger partial charge in [0.05, 0.1) is 13.2 Å². The fourth-order valence-corrected chi connectivity index (χ4v) is 3.30. The summed E-state index contributed by atoms with van der Waals surface area (Å²) in [6.45, 7) is 3.72. The van der Waals surface area contributed by atoms with Gasteiger partial charge in [0.2, 0.25) is 0 Å². The summed E-state index contributed by atoms with van der Waals surface area (Å²) in [4.78, 5) is 15.9. The number of thiazole rings is 1. The van der Waals surface area contributed by atoms with Crippen LogP contribution in [-0.4, -0.2) is 37.3 Å². The van der Waals surface area contributed by atoms with E-state index in [0.717, 1.165) is 26.0 Å². The lowest BCUT2D eigenvalue weighted by atomic mass is 10.00. The van der Waals surface area contributed by atoms with Crippen LogP contribution in [0.25, 0.3) is 0 Å². The molecule has 0 radical (unpaired) electrons. The molecule has 2 atom stereocenters. The third-order valence-corrected chi connectivity index (χ3v) is 4.60. The molecule has 2 heterocycles. The predicted octanol–water partition coefficient (Wildman–Crippen LogP) is 2.81. The number of ether oxygens (including phenoxy) is 2. The molecule has 1 aliphatic rings. The highest BCUT2D eigenvalue weighted by Crippen LogP contribution is 2.29. The number of rotatable bonds is 5. The Hall–Kier alpha value is -0.850. The van der Waals surface area contributed by atoms with Gasteiger partial charge in [0.15, 0.2) is 15.2 Å². The van der Waals surface area contributed by atoms with Gasteiger partial charge in [-0.1, -0.05) is 29.9 Å². The first-order valence-corrected chi connectivity index (χ1v) is 7.45. The first-order chi connectivity index (χ1) is 9.15. The van der Waals surface area contributed by atoms with Gasteiger partial charge >= 0.3 is 5.97 Å². The number of carbonyl (C=O) groups excluding carboxylic acids is 1. The quantitative estimate of drug-likeness (QED) is 0.848. The topological polar surface area (TPSA) is 60.5 Å². The second kappa shape index (κ2) is 6.54. The lowest BCUT2D eigenvalue weighted by Crippen LogP contribution is -2.22. The van der Waals surface area contributed by atoms with Crippen molar-refractivity contribution in [3.05, 3.63) is 10.0 Å². The predicted molar refractivity (Wildman–Crippen MR) is 75.1 cm³/mol. The third kappa shape index (κ3) is 3.38. The molecule has 0 aliphatic carbocycles. The van der Waals surface area contributed by atoms with E-state index in [4.69, 9.17) is 16.3 Å². The number of methoxy groups -OCH3 is 1. The minimum atomic E-state index is -0.453. The monoisotopic (exact) mass is 304 g/mol. The average Bonchev–Trinajstić information content (AvgIpc) is 3.01. The van der Waals surface area contributed by atoms with Crippen LogP contribution in [0.1, 0.15) is 29.4 Å². The minimum Gasteiger partial charge on any atom is -0.465 e. The van der Waals surface area contributed by atoms with Crippen LogP contribution in [0.5, 0.6) is 0 Å². The summed E-state index contributed by atoms with van der Waals surface area (Å²) in [5.41, 5.74) is 0. The Balaban J connectivity index is 1.95. The van der Waals surface area contributed by atoms with Gasteiger partial charge in [-0.25, -0.2) is 9.78 Å². The Bertz CT molecular complexity index is 452. The zero-order valence-corrected chi connectivity index (χ0v) is 12.5. The average molecular weight is 305 g/mol. The second-order valence-electron chi connectivity index (χ2n) is 4.38. The second-order valence-corrected chi connectivity index (χ2v) is 5.73. The molecule has 7 heteroatoms. The van der Waals surface area contributed by atoms with Gasteiger partial charge in [-0.2, -0.15) is 0 Å². The Labute approximate surface area is 121 Å². The highest BCUT2D eigenvalue weighted by Gasteiger charge is 2.27. The van der Waals surface area contributed by atoms with Gasteiger partial charge in [0, 0.05) is 19.1 Å².